The van der Waals surface area contributed by atoms with Crippen molar-refractivity contribution < 1.29 is 17.9 Å². The fourth-order valence-electron chi connectivity index (χ4n) is 2.13. The van der Waals surface area contributed by atoms with Gasteiger partial charge in [-0.15, -0.1) is 0 Å². The Morgan fingerprint density at radius 3 is 2.15 bits per heavy atom. The second-order valence-corrected chi connectivity index (χ2v) is 7.21. The van der Waals surface area contributed by atoms with Crippen LogP contribution in [0, 0.1) is 0 Å². The summed E-state index contributed by atoms with van der Waals surface area (Å²) >= 11 is 0. The molecular weight excluding hydrogens is 354 g/mol. The largest absolute Gasteiger partial charge is 0.494 e. The fraction of sp³-hybridized carbons (Fsp3) is 0.222. The summed E-state index contributed by atoms with van der Waals surface area (Å²) in [4.78, 5) is 12.3. The van der Waals surface area contributed by atoms with E-state index in [1.165, 1.54) is 19.2 Å². The van der Waals surface area contributed by atoms with E-state index in [9.17, 15) is 13.2 Å². The van der Waals surface area contributed by atoms with Crippen LogP contribution in [0.2, 0.25) is 0 Å². The first-order valence-electron chi connectivity index (χ1n) is 7.99. The third-order valence-electron chi connectivity index (χ3n) is 3.60. The predicted octanol–water partition coefficient (Wildman–Crippen LogP) is 2.15. The van der Waals surface area contributed by atoms with Gasteiger partial charge in [-0.25, -0.2) is 18.6 Å². The Hall–Kier alpha value is -2.71. The van der Waals surface area contributed by atoms with Crippen LogP contribution in [0.15, 0.2) is 58.5 Å². The Kier molecular flexibility index (Phi) is 6.48. The van der Waals surface area contributed by atoms with E-state index in [1.807, 2.05) is 6.92 Å². The van der Waals surface area contributed by atoms with Gasteiger partial charge in [0.25, 0.3) is 5.91 Å². The average molecular weight is 375 g/mol. The number of carbonyl (C=O) groups excluding carboxylic acids is 1. The van der Waals surface area contributed by atoms with Crippen LogP contribution in [0.4, 0.5) is 0 Å². The van der Waals surface area contributed by atoms with E-state index in [0.29, 0.717) is 29.2 Å². The molecule has 2 N–H and O–H groups in total. The molecule has 26 heavy (non-hydrogen) atoms. The van der Waals surface area contributed by atoms with Gasteiger partial charge in [-0.05, 0) is 62.9 Å². The molecule has 2 aromatic carbocycles. The second kappa shape index (κ2) is 8.59. The molecule has 0 aliphatic heterocycles. The monoisotopic (exact) mass is 375 g/mol. The number of ether oxygens (including phenoxy) is 1. The molecule has 2 aromatic rings. The summed E-state index contributed by atoms with van der Waals surface area (Å²) in [5, 5.41) is 4.06. The summed E-state index contributed by atoms with van der Waals surface area (Å²) in [5.74, 6) is 0.349. The van der Waals surface area contributed by atoms with E-state index >= 15 is 0 Å². The van der Waals surface area contributed by atoms with Crippen molar-refractivity contribution in [2.24, 2.45) is 5.10 Å². The molecule has 0 aliphatic rings. The third kappa shape index (κ3) is 4.90. The second-order valence-electron chi connectivity index (χ2n) is 5.33. The Bertz CT molecular complexity index is 889. The number of rotatable bonds is 7. The standard InChI is InChI=1S/C18H21N3O4S/c1-4-25-16-9-5-15(6-10-16)18(22)21-20-13(2)14-7-11-17(12-8-14)26(23,24)19-3/h5-12,19H,4H2,1-3H3,(H,21,22)/b20-13-. The lowest BCUT2D eigenvalue weighted by atomic mass is 10.1. The van der Waals surface area contributed by atoms with Crippen molar-refractivity contribution in [1.82, 2.24) is 10.1 Å². The van der Waals surface area contributed by atoms with E-state index < -0.39 is 10.0 Å². The number of benzene rings is 2. The number of hydrogen-bond acceptors (Lipinski definition) is 5. The molecule has 2 rings (SSSR count). The molecule has 0 unspecified atom stereocenters. The highest BCUT2D eigenvalue weighted by atomic mass is 32.2. The van der Waals surface area contributed by atoms with Gasteiger partial charge in [0.15, 0.2) is 0 Å². The normalized spacial score (nSPS) is 11.9. The number of amides is 1. The molecule has 0 aromatic heterocycles. The molecule has 0 atom stereocenters. The first kappa shape index (κ1) is 19.6. The molecular formula is C18H21N3O4S. The summed E-state index contributed by atoms with van der Waals surface area (Å²) in [6, 6.07) is 13.0. The van der Waals surface area contributed by atoms with Crippen LogP contribution in [-0.2, 0) is 10.0 Å². The van der Waals surface area contributed by atoms with Crippen LogP contribution in [0.1, 0.15) is 29.8 Å². The number of nitrogens with zero attached hydrogens (tertiary/aromatic N) is 1. The Morgan fingerprint density at radius 1 is 1.04 bits per heavy atom. The van der Waals surface area contributed by atoms with Gasteiger partial charge in [0.05, 0.1) is 17.2 Å². The molecule has 8 heteroatoms. The first-order chi connectivity index (χ1) is 12.4. The van der Waals surface area contributed by atoms with Crippen molar-refractivity contribution in [2.45, 2.75) is 18.7 Å². The Morgan fingerprint density at radius 2 is 1.62 bits per heavy atom. The topological polar surface area (TPSA) is 96.9 Å². The van der Waals surface area contributed by atoms with Crippen LogP contribution >= 0.6 is 0 Å². The lowest BCUT2D eigenvalue weighted by molar-refractivity contribution is 0.0955. The van der Waals surface area contributed by atoms with Gasteiger partial charge in [-0.2, -0.15) is 5.10 Å². The van der Waals surface area contributed by atoms with Crippen molar-refractivity contribution in [1.29, 1.82) is 0 Å². The smallest absolute Gasteiger partial charge is 0.271 e. The molecule has 1 amide bonds. The van der Waals surface area contributed by atoms with Crippen LogP contribution < -0.4 is 14.9 Å². The summed E-state index contributed by atoms with van der Waals surface area (Å²) in [7, 11) is -2.13. The maximum atomic E-state index is 12.1. The lowest BCUT2D eigenvalue weighted by Gasteiger charge is -2.06. The molecule has 0 heterocycles. The minimum Gasteiger partial charge on any atom is -0.494 e. The highest BCUT2D eigenvalue weighted by molar-refractivity contribution is 7.89. The van der Waals surface area contributed by atoms with Crippen LogP contribution in [0.5, 0.6) is 5.75 Å². The molecule has 0 saturated carbocycles. The van der Waals surface area contributed by atoms with E-state index in [-0.39, 0.29) is 10.8 Å². The number of nitrogens with one attached hydrogen (secondary N) is 2. The molecule has 0 bridgehead atoms. The van der Waals surface area contributed by atoms with Crippen LogP contribution in [-0.4, -0.2) is 33.7 Å². The van der Waals surface area contributed by atoms with Crippen molar-refractivity contribution >= 4 is 21.6 Å². The average Bonchev–Trinajstić information content (AvgIpc) is 2.66. The minimum atomic E-state index is -3.48. The van der Waals surface area contributed by atoms with Gasteiger partial charge in [-0.1, -0.05) is 12.1 Å². The fourth-order valence-corrected chi connectivity index (χ4v) is 2.86. The van der Waals surface area contributed by atoms with E-state index in [1.54, 1.807) is 43.3 Å². The van der Waals surface area contributed by atoms with Crippen molar-refractivity contribution in [3.05, 3.63) is 59.7 Å². The molecule has 0 saturated heterocycles. The molecule has 7 nitrogen and oxygen atoms in total. The summed E-state index contributed by atoms with van der Waals surface area (Å²) in [6.45, 7) is 4.17. The zero-order valence-electron chi connectivity index (χ0n) is 14.8. The van der Waals surface area contributed by atoms with Crippen molar-refractivity contribution in [2.75, 3.05) is 13.7 Å². The van der Waals surface area contributed by atoms with Crippen molar-refractivity contribution in [3.8, 4) is 5.75 Å². The van der Waals surface area contributed by atoms with Crippen LogP contribution in [0.3, 0.4) is 0 Å². The van der Waals surface area contributed by atoms with Gasteiger partial charge in [0.1, 0.15) is 5.75 Å². The zero-order valence-corrected chi connectivity index (χ0v) is 15.6. The number of hydrazone groups is 1. The lowest BCUT2D eigenvalue weighted by Crippen LogP contribution is -2.20. The van der Waals surface area contributed by atoms with Crippen molar-refractivity contribution in [3.63, 3.8) is 0 Å². The minimum absolute atomic E-state index is 0.162. The molecule has 0 spiro atoms. The highest BCUT2D eigenvalue weighted by Crippen LogP contribution is 2.13. The van der Waals surface area contributed by atoms with Gasteiger partial charge >= 0.3 is 0 Å². The van der Waals surface area contributed by atoms with Crippen LogP contribution in [0.25, 0.3) is 0 Å². The van der Waals surface area contributed by atoms with Gasteiger partial charge in [0, 0.05) is 5.56 Å². The molecule has 138 valence electrons. The Balaban J connectivity index is 2.06. The quantitative estimate of drug-likeness (QED) is 0.572. The number of carbonyl (C=O) groups is 1. The molecule has 0 aliphatic carbocycles. The molecule has 0 radical (unpaired) electrons. The zero-order chi connectivity index (χ0) is 19.2. The summed E-state index contributed by atoms with van der Waals surface area (Å²) < 4.78 is 31.0. The molecule has 0 fully saturated rings. The first-order valence-corrected chi connectivity index (χ1v) is 9.47. The van der Waals surface area contributed by atoms with E-state index in [0.717, 1.165) is 0 Å². The van der Waals surface area contributed by atoms with Gasteiger partial charge in [-0.3, -0.25) is 4.79 Å². The third-order valence-corrected chi connectivity index (χ3v) is 5.03. The van der Waals surface area contributed by atoms with E-state index in [2.05, 4.69) is 15.2 Å². The number of hydrogen-bond donors (Lipinski definition) is 2. The SMILES string of the molecule is CCOc1ccc(C(=O)N/N=C(/C)c2ccc(S(=O)(=O)NC)cc2)cc1. The van der Waals surface area contributed by atoms with Gasteiger partial charge in [0.2, 0.25) is 10.0 Å². The van der Waals surface area contributed by atoms with Gasteiger partial charge < -0.3 is 4.74 Å². The maximum Gasteiger partial charge on any atom is 0.271 e. The highest BCUT2D eigenvalue weighted by Gasteiger charge is 2.11. The Labute approximate surface area is 153 Å². The van der Waals surface area contributed by atoms with E-state index in [4.69, 9.17) is 4.74 Å². The summed E-state index contributed by atoms with van der Waals surface area (Å²) in [5.41, 5.74) is 4.20. The predicted molar refractivity (Wildman–Crippen MR) is 100.0 cm³/mol. The number of sulfonamides is 1. The summed E-state index contributed by atoms with van der Waals surface area (Å²) in [6.07, 6.45) is 0. The maximum absolute atomic E-state index is 12.1.